The summed E-state index contributed by atoms with van der Waals surface area (Å²) in [7, 11) is 1.63. The number of amides is 1. The summed E-state index contributed by atoms with van der Waals surface area (Å²) in [5.74, 6) is 0.236. The van der Waals surface area contributed by atoms with Crippen molar-refractivity contribution in [1.29, 1.82) is 0 Å². The third-order valence-corrected chi connectivity index (χ3v) is 3.05. The van der Waals surface area contributed by atoms with Crippen LogP contribution in [-0.2, 0) is 11.3 Å². The van der Waals surface area contributed by atoms with E-state index in [0.29, 0.717) is 12.2 Å². The molecule has 1 aromatic heterocycles. The van der Waals surface area contributed by atoms with E-state index in [4.69, 9.17) is 10.9 Å². The Bertz CT molecular complexity index is 430. The fourth-order valence-electron chi connectivity index (χ4n) is 1.58. The van der Waals surface area contributed by atoms with E-state index in [9.17, 15) is 4.79 Å². The van der Waals surface area contributed by atoms with Crippen LogP contribution in [0, 0.1) is 5.41 Å². The number of aromatic amines is 1. The van der Waals surface area contributed by atoms with Crippen molar-refractivity contribution in [3.8, 4) is 0 Å². The maximum absolute atomic E-state index is 12.3. The minimum Gasteiger partial charge on any atom is -0.409 e. The van der Waals surface area contributed by atoms with E-state index in [2.05, 4.69) is 20.3 Å². The summed E-state index contributed by atoms with van der Waals surface area (Å²) in [6.07, 6.45) is 1.80. The number of rotatable bonds is 5. The van der Waals surface area contributed by atoms with E-state index >= 15 is 0 Å². The Balaban J connectivity index is 2.84. The first-order valence-corrected chi connectivity index (χ1v) is 5.53. The molecule has 8 nitrogen and oxygen atoms in total. The number of hydrogen-bond donors (Lipinski definition) is 3. The zero-order valence-corrected chi connectivity index (χ0v) is 10.7. The van der Waals surface area contributed by atoms with Gasteiger partial charge in [0, 0.05) is 7.05 Å². The fraction of sp³-hybridized carbons (Fsp3) is 0.600. The Morgan fingerprint density at radius 1 is 1.72 bits per heavy atom. The van der Waals surface area contributed by atoms with Gasteiger partial charge in [-0.2, -0.15) is 5.10 Å². The number of amidine groups is 1. The van der Waals surface area contributed by atoms with Gasteiger partial charge in [-0.1, -0.05) is 12.1 Å². The van der Waals surface area contributed by atoms with Crippen LogP contribution in [0.5, 0.6) is 0 Å². The molecule has 0 saturated carbocycles. The fourth-order valence-corrected chi connectivity index (χ4v) is 1.58. The first-order valence-electron chi connectivity index (χ1n) is 5.53. The Morgan fingerprint density at radius 3 is 2.83 bits per heavy atom. The second-order valence-corrected chi connectivity index (χ2v) is 4.26. The van der Waals surface area contributed by atoms with Gasteiger partial charge in [0.2, 0.25) is 5.91 Å². The van der Waals surface area contributed by atoms with E-state index in [-0.39, 0.29) is 18.3 Å². The Morgan fingerprint density at radius 2 is 2.39 bits per heavy atom. The summed E-state index contributed by atoms with van der Waals surface area (Å²) in [6, 6.07) is 0. The van der Waals surface area contributed by atoms with Gasteiger partial charge >= 0.3 is 0 Å². The van der Waals surface area contributed by atoms with Gasteiger partial charge in [0.25, 0.3) is 0 Å². The number of H-pyrrole nitrogens is 1. The van der Waals surface area contributed by atoms with Gasteiger partial charge < -0.3 is 15.8 Å². The summed E-state index contributed by atoms with van der Waals surface area (Å²) in [5.41, 5.74) is 4.57. The molecule has 18 heavy (non-hydrogen) atoms. The first kappa shape index (κ1) is 13.9. The van der Waals surface area contributed by atoms with Gasteiger partial charge in [0.1, 0.15) is 17.6 Å². The zero-order chi connectivity index (χ0) is 13.8. The summed E-state index contributed by atoms with van der Waals surface area (Å²) in [5, 5.41) is 18.1. The molecule has 0 aliphatic carbocycles. The SMILES string of the molecule is CCC(C)(C(=O)N(C)Cc1ncn[nH]1)C(N)=NO. The third kappa shape index (κ3) is 2.58. The van der Waals surface area contributed by atoms with Crippen molar-refractivity contribution in [3.05, 3.63) is 12.2 Å². The van der Waals surface area contributed by atoms with Gasteiger partial charge in [-0.15, -0.1) is 0 Å². The van der Waals surface area contributed by atoms with Crippen LogP contribution in [0.1, 0.15) is 26.1 Å². The molecule has 1 rings (SSSR count). The van der Waals surface area contributed by atoms with E-state index in [1.165, 1.54) is 11.2 Å². The Kier molecular flexibility index (Phi) is 4.24. The van der Waals surface area contributed by atoms with Gasteiger partial charge in [-0.05, 0) is 13.3 Å². The largest absolute Gasteiger partial charge is 0.409 e. The zero-order valence-electron chi connectivity index (χ0n) is 10.7. The molecular formula is C10H18N6O2. The summed E-state index contributed by atoms with van der Waals surface area (Å²) < 4.78 is 0. The summed E-state index contributed by atoms with van der Waals surface area (Å²) in [6.45, 7) is 3.73. The monoisotopic (exact) mass is 254 g/mol. The van der Waals surface area contributed by atoms with E-state index in [1.807, 2.05) is 0 Å². The average Bonchev–Trinajstić information content (AvgIpc) is 2.88. The predicted octanol–water partition coefficient (Wildman–Crippen LogP) is -0.0742. The van der Waals surface area contributed by atoms with Gasteiger partial charge in [-0.25, -0.2) is 4.98 Å². The van der Waals surface area contributed by atoms with Crippen molar-refractivity contribution in [2.45, 2.75) is 26.8 Å². The molecule has 0 fully saturated rings. The molecule has 1 atom stereocenters. The minimum atomic E-state index is -1.02. The Hall–Kier alpha value is -2.12. The topological polar surface area (TPSA) is 120 Å². The number of hydrogen-bond acceptors (Lipinski definition) is 5. The summed E-state index contributed by atoms with van der Waals surface area (Å²) in [4.78, 5) is 17.7. The second-order valence-electron chi connectivity index (χ2n) is 4.26. The smallest absolute Gasteiger partial charge is 0.236 e. The molecule has 1 heterocycles. The van der Waals surface area contributed by atoms with E-state index in [1.54, 1.807) is 20.9 Å². The van der Waals surface area contributed by atoms with E-state index in [0.717, 1.165) is 0 Å². The van der Waals surface area contributed by atoms with Crippen molar-refractivity contribution in [1.82, 2.24) is 20.1 Å². The number of oxime groups is 1. The first-order chi connectivity index (χ1) is 8.45. The standard InChI is InChI=1S/C10H18N6O2/c1-4-10(2,8(11)15-18)9(17)16(3)5-7-12-6-13-14-7/h6,18H,4-5H2,1-3H3,(H2,11,15)(H,12,13,14). The highest BCUT2D eigenvalue weighted by Gasteiger charge is 2.38. The second kappa shape index (κ2) is 5.48. The molecule has 1 unspecified atom stereocenters. The highest BCUT2D eigenvalue weighted by molar-refractivity contribution is 6.06. The van der Waals surface area contributed by atoms with Crippen LogP contribution in [0.3, 0.4) is 0 Å². The molecule has 1 amide bonds. The lowest BCUT2D eigenvalue weighted by Crippen LogP contribution is -2.48. The van der Waals surface area contributed by atoms with Crippen LogP contribution in [0.4, 0.5) is 0 Å². The van der Waals surface area contributed by atoms with Gasteiger partial charge in [0.15, 0.2) is 5.84 Å². The quantitative estimate of drug-likeness (QED) is 0.294. The highest BCUT2D eigenvalue weighted by atomic mass is 16.4. The molecule has 0 aliphatic rings. The lowest BCUT2D eigenvalue weighted by molar-refractivity contribution is -0.137. The van der Waals surface area contributed by atoms with Crippen molar-refractivity contribution in [2.24, 2.45) is 16.3 Å². The van der Waals surface area contributed by atoms with E-state index < -0.39 is 5.41 Å². The van der Waals surface area contributed by atoms with Crippen molar-refractivity contribution in [2.75, 3.05) is 7.05 Å². The molecule has 1 aromatic rings. The molecule has 0 saturated heterocycles. The van der Waals surface area contributed by atoms with Crippen LogP contribution in [0.25, 0.3) is 0 Å². The summed E-state index contributed by atoms with van der Waals surface area (Å²) >= 11 is 0. The number of nitrogens with zero attached hydrogens (tertiary/aromatic N) is 4. The van der Waals surface area contributed by atoms with Crippen molar-refractivity contribution >= 4 is 11.7 Å². The Labute approximate surface area is 105 Å². The van der Waals surface area contributed by atoms with Crippen LogP contribution >= 0.6 is 0 Å². The average molecular weight is 254 g/mol. The molecule has 0 aliphatic heterocycles. The van der Waals surface area contributed by atoms with Crippen LogP contribution < -0.4 is 5.73 Å². The predicted molar refractivity (Wildman–Crippen MR) is 64.7 cm³/mol. The number of aromatic nitrogens is 3. The molecule has 8 heteroatoms. The normalized spacial score (nSPS) is 15.2. The van der Waals surface area contributed by atoms with Crippen LogP contribution in [0.2, 0.25) is 0 Å². The molecule has 0 spiro atoms. The van der Waals surface area contributed by atoms with Crippen LogP contribution in [0.15, 0.2) is 11.5 Å². The molecule has 0 bridgehead atoms. The lowest BCUT2D eigenvalue weighted by atomic mass is 9.84. The number of nitrogens with two attached hydrogens (primary N) is 1. The molecule has 4 N–H and O–H groups in total. The maximum Gasteiger partial charge on any atom is 0.236 e. The number of nitrogens with one attached hydrogen (secondary N) is 1. The lowest BCUT2D eigenvalue weighted by Gasteiger charge is -2.30. The molecule has 0 aromatic carbocycles. The maximum atomic E-state index is 12.3. The number of carbonyl (C=O) groups is 1. The molecule has 100 valence electrons. The molecular weight excluding hydrogens is 236 g/mol. The van der Waals surface area contributed by atoms with Crippen LogP contribution in [-0.4, -0.2) is 44.1 Å². The number of carbonyl (C=O) groups excluding carboxylic acids is 1. The molecule has 0 radical (unpaired) electrons. The van der Waals surface area contributed by atoms with Crippen molar-refractivity contribution in [3.63, 3.8) is 0 Å². The van der Waals surface area contributed by atoms with Gasteiger partial charge in [-0.3, -0.25) is 9.89 Å². The van der Waals surface area contributed by atoms with Crippen molar-refractivity contribution < 1.29 is 10.0 Å². The van der Waals surface area contributed by atoms with Gasteiger partial charge in [0.05, 0.1) is 6.54 Å². The highest BCUT2D eigenvalue weighted by Crippen LogP contribution is 2.24. The minimum absolute atomic E-state index is 0.0978. The third-order valence-electron chi connectivity index (χ3n) is 3.05.